The number of hydrogen-bond donors (Lipinski definition) is 0. The van der Waals surface area contributed by atoms with E-state index >= 15 is 0 Å². The molecule has 271 valence electrons. The third-order valence-electron chi connectivity index (χ3n) is 5.86. The molecule has 1 radical (unpaired) electrons. The number of benzene rings is 6. The van der Waals surface area contributed by atoms with Crippen LogP contribution in [-0.4, -0.2) is 25.5 Å². The van der Waals surface area contributed by atoms with Crippen LogP contribution in [0.25, 0.3) is 43.1 Å². The molecule has 0 spiro atoms. The summed E-state index contributed by atoms with van der Waals surface area (Å²) >= 11 is 0. The van der Waals surface area contributed by atoms with Crippen LogP contribution in [0, 0.1) is 7.43 Å². The molecule has 1 nitrogen and oxygen atoms in total. The third-order valence-corrected chi connectivity index (χ3v) is 5.86. The maximum atomic E-state index is 2.24. The van der Waals surface area contributed by atoms with Crippen LogP contribution < -0.4 is 0 Å². The minimum Gasteiger partial charge on any atom is -0.358 e. The molecule has 0 fully saturated rings. The molecule has 0 saturated heterocycles. The predicted molar refractivity (Wildman–Crippen MR) is 231 cm³/mol. The average Bonchev–Trinajstić information content (AvgIpc) is 3.14. The topological polar surface area (TPSA) is 3.24 Å². The Bertz CT molecular complexity index is 1200. The van der Waals surface area contributed by atoms with E-state index in [1.807, 2.05) is 55.4 Å². The van der Waals surface area contributed by atoms with E-state index in [0.29, 0.717) is 0 Å². The largest absolute Gasteiger partial charge is 0.358 e. The summed E-state index contributed by atoms with van der Waals surface area (Å²) in [6.45, 7) is 27.8. The summed E-state index contributed by atoms with van der Waals surface area (Å²) in [7, 11) is 4.11. The second-order valence-electron chi connectivity index (χ2n) is 9.90. The Morgan fingerprint density at radius 2 is 0.449 bits per heavy atom. The van der Waals surface area contributed by atoms with Gasteiger partial charge in [-0.3, -0.25) is 0 Å². The summed E-state index contributed by atoms with van der Waals surface area (Å²) in [6, 6.07) is 42.8. The van der Waals surface area contributed by atoms with Gasteiger partial charge in [-0.2, -0.15) is 0 Å². The summed E-state index contributed by atoms with van der Waals surface area (Å²) in [6.07, 6.45) is 2.50. The van der Waals surface area contributed by atoms with Crippen LogP contribution >= 0.6 is 0 Å². The minimum atomic E-state index is 0. The Balaban J connectivity index is -0.000000173. The van der Waals surface area contributed by atoms with E-state index < -0.39 is 0 Å². The van der Waals surface area contributed by atoms with Crippen molar-refractivity contribution in [3.05, 3.63) is 129 Å². The molecule has 0 aromatic heterocycles. The van der Waals surface area contributed by atoms with Crippen LogP contribution in [0.3, 0.4) is 0 Å². The molecular formula is C47H74NY-. The molecule has 2 heteroatoms. The van der Waals surface area contributed by atoms with Crippen molar-refractivity contribution in [2.75, 3.05) is 20.6 Å². The first-order valence-electron chi connectivity index (χ1n) is 18.4. The van der Waals surface area contributed by atoms with E-state index in [1.54, 1.807) is 0 Å². The molecule has 0 saturated carbocycles. The van der Waals surface area contributed by atoms with Crippen molar-refractivity contribution in [2.24, 2.45) is 0 Å². The van der Waals surface area contributed by atoms with Gasteiger partial charge in [0.05, 0.1) is 0 Å². The van der Waals surface area contributed by atoms with Gasteiger partial charge in [0.15, 0.2) is 0 Å². The van der Waals surface area contributed by atoms with Crippen molar-refractivity contribution < 1.29 is 32.7 Å². The van der Waals surface area contributed by atoms with Crippen molar-refractivity contribution >= 4 is 43.1 Å². The molecule has 6 aromatic rings. The van der Waals surface area contributed by atoms with E-state index in [0.717, 1.165) is 6.54 Å². The summed E-state index contributed by atoms with van der Waals surface area (Å²) in [4.78, 5) is 2.12. The molecule has 6 aromatic carbocycles. The molecule has 0 atom stereocenters. The molecular weight excluding hydrogens is 667 g/mol. The number of rotatable bonds is 1. The maximum Gasteiger partial charge on any atom is 0 e. The first kappa shape index (κ1) is 55.8. The first-order valence-corrected chi connectivity index (χ1v) is 18.4. The van der Waals surface area contributed by atoms with Crippen LogP contribution in [0.1, 0.15) is 103 Å². The van der Waals surface area contributed by atoms with Gasteiger partial charge in [-0.1, -0.05) is 200 Å². The molecule has 0 amide bonds. The van der Waals surface area contributed by atoms with Gasteiger partial charge in [0.25, 0.3) is 0 Å². The number of fused-ring (bicyclic) bond motifs is 4. The fraction of sp³-hybridized carbons (Fsp3) is 0.383. The maximum absolute atomic E-state index is 2.24. The molecule has 49 heavy (non-hydrogen) atoms. The second-order valence-corrected chi connectivity index (χ2v) is 9.90. The van der Waals surface area contributed by atoms with Crippen LogP contribution in [0.4, 0.5) is 0 Å². The fourth-order valence-corrected chi connectivity index (χ4v) is 3.77. The van der Waals surface area contributed by atoms with Crippen LogP contribution in [0.2, 0.25) is 0 Å². The van der Waals surface area contributed by atoms with Crippen molar-refractivity contribution in [2.45, 2.75) is 103 Å². The normalized spacial score (nSPS) is 8.41. The summed E-state index contributed by atoms with van der Waals surface area (Å²) in [5.41, 5.74) is 0. The Morgan fingerprint density at radius 1 is 0.347 bits per heavy atom. The quantitative estimate of drug-likeness (QED) is 0.120. The van der Waals surface area contributed by atoms with Gasteiger partial charge < -0.3 is 12.3 Å². The van der Waals surface area contributed by atoms with Gasteiger partial charge in [0.2, 0.25) is 0 Å². The SMILES string of the molecule is CC.CC.CC.CC.CCC.CCC.CCN(C)C.[CH3-].[Y].c1ccc2cc3ccccc3cc2c1.c1ccc2cc3ccccc3cc2c1. The summed E-state index contributed by atoms with van der Waals surface area (Å²) in [5.74, 6) is 0. The van der Waals surface area contributed by atoms with Crippen LogP contribution in [0.15, 0.2) is 121 Å². The minimum absolute atomic E-state index is 0. The van der Waals surface area contributed by atoms with E-state index in [2.05, 4.69) is 175 Å². The monoisotopic (exact) mass is 741 g/mol. The fourth-order valence-electron chi connectivity index (χ4n) is 3.77. The van der Waals surface area contributed by atoms with Crippen molar-refractivity contribution in [3.63, 3.8) is 0 Å². The molecule has 0 unspecified atom stereocenters. The summed E-state index contributed by atoms with van der Waals surface area (Å²) in [5, 5.41) is 10.5. The molecule has 6 rings (SSSR count). The Kier molecular flexibility index (Phi) is 45.4. The van der Waals surface area contributed by atoms with Crippen molar-refractivity contribution in [3.8, 4) is 0 Å². The van der Waals surface area contributed by atoms with Crippen LogP contribution in [-0.2, 0) is 32.7 Å². The zero-order valence-electron chi connectivity index (χ0n) is 34.7. The smallest absolute Gasteiger partial charge is 0 e. The molecule has 0 N–H and O–H groups in total. The zero-order valence-corrected chi connectivity index (χ0v) is 37.5. The molecule has 0 aliphatic heterocycles. The first-order chi connectivity index (χ1) is 23.0. The van der Waals surface area contributed by atoms with Gasteiger partial charge in [-0.15, -0.1) is 0 Å². The number of nitrogens with zero attached hydrogens (tertiary/aromatic N) is 1. The Labute approximate surface area is 330 Å². The summed E-state index contributed by atoms with van der Waals surface area (Å²) < 4.78 is 0. The zero-order chi connectivity index (χ0) is 36.5. The van der Waals surface area contributed by atoms with Crippen LogP contribution in [0.5, 0.6) is 0 Å². The Morgan fingerprint density at radius 3 is 0.531 bits per heavy atom. The predicted octanol–water partition coefficient (Wildman–Crippen LogP) is 15.9. The molecule has 0 aliphatic carbocycles. The average molecular weight is 742 g/mol. The van der Waals surface area contributed by atoms with Crippen molar-refractivity contribution in [1.82, 2.24) is 4.90 Å². The standard InChI is InChI=1S/2C14H10.C4H11N.2C3H8.4C2H6.CH3.Y/c2*1-2-6-12-10-14-8-4-3-7-13(14)9-11(12)5-1;1-4-5(2)3;2*1-3-2;4*1-2;;/h2*1-10H;4H2,1-3H3;2*3H2,1-2H3;4*1-2H3;1H3;/q;;;;;;;;;-1;. The third kappa shape index (κ3) is 24.3. The molecule has 0 bridgehead atoms. The van der Waals surface area contributed by atoms with Gasteiger partial charge in [-0.25, -0.2) is 0 Å². The van der Waals surface area contributed by atoms with Gasteiger partial charge >= 0.3 is 0 Å². The van der Waals surface area contributed by atoms with Gasteiger partial charge in [0.1, 0.15) is 0 Å². The second kappa shape index (κ2) is 39.9. The van der Waals surface area contributed by atoms with E-state index in [9.17, 15) is 0 Å². The van der Waals surface area contributed by atoms with E-state index in [1.165, 1.54) is 55.9 Å². The van der Waals surface area contributed by atoms with E-state index in [-0.39, 0.29) is 40.1 Å². The number of hydrogen-bond acceptors (Lipinski definition) is 1. The van der Waals surface area contributed by atoms with E-state index in [4.69, 9.17) is 0 Å². The van der Waals surface area contributed by atoms with Gasteiger partial charge in [-0.05, 0) is 88.0 Å². The Hall–Kier alpha value is -2.58. The van der Waals surface area contributed by atoms with Crippen molar-refractivity contribution in [1.29, 1.82) is 0 Å². The molecule has 0 aliphatic rings. The molecule has 0 heterocycles. The van der Waals surface area contributed by atoms with Gasteiger partial charge in [0, 0.05) is 32.7 Å².